The molecule has 0 amide bonds. The van der Waals surface area contributed by atoms with Gasteiger partial charge in [-0.3, -0.25) is 0 Å². The Balaban J connectivity index is 4.42. The first kappa shape index (κ1) is 13.4. The Morgan fingerprint density at radius 2 is 1.54 bits per heavy atom. The fourth-order valence-corrected chi connectivity index (χ4v) is 5.18. The third kappa shape index (κ3) is 3.58. The number of halogens is 1. The van der Waals surface area contributed by atoms with Crippen molar-refractivity contribution in [2.45, 2.75) is 45.2 Å². The van der Waals surface area contributed by atoms with Gasteiger partial charge < -0.3 is 8.85 Å². The molecule has 0 bridgehead atoms. The first-order valence-corrected chi connectivity index (χ1v) is 7.62. The summed E-state index contributed by atoms with van der Waals surface area (Å²) in [4.78, 5) is 0. The second kappa shape index (κ2) is 6.82. The van der Waals surface area contributed by atoms with E-state index in [2.05, 4.69) is 13.8 Å². The molecule has 80 valence electrons. The van der Waals surface area contributed by atoms with Gasteiger partial charge in [0.05, 0.1) is 5.00 Å². The minimum Gasteiger partial charge on any atom is -0.394 e. The summed E-state index contributed by atoms with van der Waals surface area (Å²) in [6.45, 7) is 9.56. The van der Waals surface area contributed by atoms with Crippen molar-refractivity contribution < 1.29 is 8.85 Å². The number of hydrogen-bond donors (Lipinski definition) is 0. The van der Waals surface area contributed by atoms with Crippen LogP contribution in [0.2, 0.25) is 6.04 Å². The molecule has 0 radical (unpaired) electrons. The standard InChI is InChI=1S/C9H21ClO2Si/c1-5-9(10)13(8-4,11-6-2)12-7-3/h9H,5-8H2,1-4H3. The fourth-order valence-electron chi connectivity index (χ4n) is 1.45. The summed E-state index contributed by atoms with van der Waals surface area (Å²) in [6.07, 6.45) is 0.918. The molecule has 0 saturated carbocycles. The Morgan fingerprint density at radius 1 is 1.08 bits per heavy atom. The molecule has 4 heteroatoms. The second-order valence-electron chi connectivity index (χ2n) is 2.91. The van der Waals surface area contributed by atoms with Crippen LogP contribution in [0.3, 0.4) is 0 Å². The molecule has 0 rings (SSSR count). The van der Waals surface area contributed by atoms with E-state index in [4.69, 9.17) is 20.5 Å². The van der Waals surface area contributed by atoms with Crippen LogP contribution in [-0.2, 0) is 8.85 Å². The lowest BCUT2D eigenvalue weighted by Crippen LogP contribution is -2.50. The summed E-state index contributed by atoms with van der Waals surface area (Å²) in [5.41, 5.74) is 0. The normalized spacial score (nSPS) is 14.5. The van der Waals surface area contributed by atoms with Gasteiger partial charge in [-0.25, -0.2) is 0 Å². The summed E-state index contributed by atoms with van der Waals surface area (Å²) in [5, 5.41) is 0.0670. The van der Waals surface area contributed by atoms with E-state index in [-0.39, 0.29) is 5.00 Å². The molecule has 0 aromatic rings. The van der Waals surface area contributed by atoms with Gasteiger partial charge in [-0.1, -0.05) is 13.8 Å². The average molecular weight is 225 g/mol. The molecule has 1 atom stereocenters. The molecule has 0 aliphatic heterocycles. The predicted molar refractivity (Wildman–Crippen MR) is 59.4 cm³/mol. The Morgan fingerprint density at radius 3 is 1.77 bits per heavy atom. The predicted octanol–water partition coefficient (Wildman–Crippen LogP) is 3.08. The van der Waals surface area contributed by atoms with Crippen molar-refractivity contribution in [3.63, 3.8) is 0 Å². The highest BCUT2D eigenvalue weighted by atomic mass is 35.5. The molecule has 0 saturated heterocycles. The zero-order chi connectivity index (χ0) is 10.3. The molecule has 0 N–H and O–H groups in total. The van der Waals surface area contributed by atoms with Crippen molar-refractivity contribution in [3.05, 3.63) is 0 Å². The van der Waals surface area contributed by atoms with Crippen LogP contribution in [-0.4, -0.2) is 26.8 Å². The molecule has 0 heterocycles. The van der Waals surface area contributed by atoms with Gasteiger partial charge >= 0.3 is 8.56 Å². The quantitative estimate of drug-likeness (QED) is 0.489. The topological polar surface area (TPSA) is 18.5 Å². The Labute approximate surface area is 87.8 Å². The largest absolute Gasteiger partial charge is 0.394 e. The summed E-state index contributed by atoms with van der Waals surface area (Å²) in [7, 11) is -2.11. The van der Waals surface area contributed by atoms with E-state index in [9.17, 15) is 0 Å². The highest BCUT2D eigenvalue weighted by Gasteiger charge is 2.42. The third-order valence-corrected chi connectivity index (χ3v) is 7.31. The maximum absolute atomic E-state index is 6.26. The van der Waals surface area contributed by atoms with Gasteiger partial charge in [-0.15, -0.1) is 11.6 Å². The molecule has 0 fully saturated rings. The monoisotopic (exact) mass is 224 g/mol. The van der Waals surface area contributed by atoms with Crippen LogP contribution in [0.1, 0.15) is 34.1 Å². The molecule has 2 nitrogen and oxygen atoms in total. The van der Waals surface area contributed by atoms with Crippen molar-refractivity contribution in [3.8, 4) is 0 Å². The van der Waals surface area contributed by atoms with Gasteiger partial charge in [0.1, 0.15) is 0 Å². The number of rotatable bonds is 7. The minimum atomic E-state index is -2.11. The van der Waals surface area contributed by atoms with Gasteiger partial charge in [0.25, 0.3) is 0 Å². The maximum atomic E-state index is 6.26. The molecular formula is C9H21ClO2Si. The highest BCUT2D eigenvalue weighted by Crippen LogP contribution is 2.24. The maximum Gasteiger partial charge on any atom is 0.356 e. The smallest absolute Gasteiger partial charge is 0.356 e. The van der Waals surface area contributed by atoms with Crippen LogP contribution in [0.15, 0.2) is 0 Å². The molecule has 0 aliphatic rings. The van der Waals surface area contributed by atoms with Crippen LogP contribution in [0.25, 0.3) is 0 Å². The molecular weight excluding hydrogens is 204 g/mol. The van der Waals surface area contributed by atoms with E-state index >= 15 is 0 Å². The van der Waals surface area contributed by atoms with Crippen LogP contribution in [0, 0.1) is 0 Å². The van der Waals surface area contributed by atoms with Crippen molar-refractivity contribution in [1.29, 1.82) is 0 Å². The van der Waals surface area contributed by atoms with E-state index in [0.29, 0.717) is 13.2 Å². The third-order valence-electron chi connectivity index (χ3n) is 2.11. The number of hydrogen-bond acceptors (Lipinski definition) is 2. The lowest BCUT2D eigenvalue weighted by molar-refractivity contribution is 0.180. The fraction of sp³-hybridized carbons (Fsp3) is 1.00. The van der Waals surface area contributed by atoms with Crippen molar-refractivity contribution in [2.24, 2.45) is 0 Å². The van der Waals surface area contributed by atoms with Crippen LogP contribution in [0.5, 0.6) is 0 Å². The van der Waals surface area contributed by atoms with Gasteiger partial charge in [0.2, 0.25) is 0 Å². The molecule has 0 aromatic carbocycles. The lowest BCUT2D eigenvalue weighted by Gasteiger charge is -2.32. The van der Waals surface area contributed by atoms with Crippen LogP contribution < -0.4 is 0 Å². The Bertz CT molecular complexity index is 127. The zero-order valence-electron chi connectivity index (χ0n) is 9.10. The number of alkyl halides is 1. The van der Waals surface area contributed by atoms with E-state index < -0.39 is 8.56 Å². The van der Waals surface area contributed by atoms with Crippen LogP contribution >= 0.6 is 11.6 Å². The average Bonchev–Trinajstić information content (AvgIpc) is 2.16. The van der Waals surface area contributed by atoms with Crippen molar-refractivity contribution in [1.82, 2.24) is 0 Å². The van der Waals surface area contributed by atoms with E-state index in [1.54, 1.807) is 0 Å². The van der Waals surface area contributed by atoms with E-state index in [0.717, 1.165) is 12.5 Å². The Kier molecular flexibility index (Phi) is 7.04. The van der Waals surface area contributed by atoms with Crippen LogP contribution in [0.4, 0.5) is 0 Å². The SMILES string of the molecule is CCO[Si](CC)(OCC)C(Cl)CC. The molecule has 0 spiro atoms. The van der Waals surface area contributed by atoms with Crippen molar-refractivity contribution in [2.75, 3.05) is 13.2 Å². The van der Waals surface area contributed by atoms with E-state index in [1.807, 2.05) is 13.8 Å². The second-order valence-corrected chi connectivity index (χ2v) is 7.41. The summed E-state index contributed by atoms with van der Waals surface area (Å²) in [5.74, 6) is 0. The highest BCUT2D eigenvalue weighted by molar-refractivity contribution is 6.76. The summed E-state index contributed by atoms with van der Waals surface area (Å²) >= 11 is 6.26. The Hall–Kier alpha value is 0.427. The summed E-state index contributed by atoms with van der Waals surface area (Å²) in [6, 6.07) is 0.927. The van der Waals surface area contributed by atoms with Gasteiger partial charge in [-0.05, 0) is 26.3 Å². The first-order chi connectivity index (χ1) is 6.16. The van der Waals surface area contributed by atoms with Crippen molar-refractivity contribution >= 4 is 20.2 Å². The van der Waals surface area contributed by atoms with Gasteiger partial charge in [0, 0.05) is 13.2 Å². The van der Waals surface area contributed by atoms with E-state index in [1.165, 1.54) is 0 Å². The molecule has 13 heavy (non-hydrogen) atoms. The molecule has 1 unspecified atom stereocenters. The first-order valence-electron chi connectivity index (χ1n) is 5.08. The zero-order valence-corrected chi connectivity index (χ0v) is 10.9. The van der Waals surface area contributed by atoms with Gasteiger partial charge in [-0.2, -0.15) is 0 Å². The minimum absolute atomic E-state index is 0.0670. The van der Waals surface area contributed by atoms with Gasteiger partial charge in [0.15, 0.2) is 0 Å². The molecule has 0 aliphatic carbocycles. The summed E-state index contributed by atoms with van der Waals surface area (Å²) < 4.78 is 11.5. The lowest BCUT2D eigenvalue weighted by atomic mass is 10.6. The molecule has 0 aromatic heterocycles.